The summed E-state index contributed by atoms with van der Waals surface area (Å²) >= 11 is 0. The zero-order valence-corrected chi connectivity index (χ0v) is 10.9. The Morgan fingerprint density at radius 2 is 2.32 bits per heavy atom. The second-order valence-corrected chi connectivity index (χ2v) is 3.93. The summed E-state index contributed by atoms with van der Waals surface area (Å²) in [4.78, 5) is 8.45. The quantitative estimate of drug-likeness (QED) is 0.770. The van der Waals surface area contributed by atoms with Gasteiger partial charge in [-0.25, -0.2) is 9.97 Å². The zero-order chi connectivity index (χ0) is 13.5. The van der Waals surface area contributed by atoms with Crippen LogP contribution in [0.25, 0.3) is 0 Å². The van der Waals surface area contributed by atoms with Gasteiger partial charge in [-0.2, -0.15) is 5.10 Å². The molecule has 0 spiro atoms. The van der Waals surface area contributed by atoms with Gasteiger partial charge >= 0.3 is 0 Å². The van der Waals surface area contributed by atoms with E-state index in [1.165, 1.54) is 0 Å². The summed E-state index contributed by atoms with van der Waals surface area (Å²) in [5, 5.41) is 7.32. The highest BCUT2D eigenvalue weighted by atomic mass is 16.5. The molecule has 2 rings (SSSR count). The molecular weight excluding hydrogens is 244 g/mol. The molecule has 0 fully saturated rings. The molecule has 0 radical (unpaired) electrons. The number of nitrogens with one attached hydrogen (secondary N) is 1. The largest absolute Gasteiger partial charge is 0.384 e. The lowest BCUT2D eigenvalue weighted by Gasteiger charge is -2.08. The molecule has 19 heavy (non-hydrogen) atoms. The lowest BCUT2D eigenvalue weighted by molar-refractivity contribution is 0.128. The Kier molecular flexibility index (Phi) is 4.68. The fourth-order valence-electron chi connectivity index (χ4n) is 1.60. The average molecular weight is 262 g/mol. The van der Waals surface area contributed by atoms with Crippen molar-refractivity contribution in [3.8, 4) is 0 Å². The maximum Gasteiger partial charge on any atom is 0.158 e. The van der Waals surface area contributed by atoms with E-state index < -0.39 is 0 Å². The Hall–Kier alpha value is -2.15. The molecule has 0 atom stereocenters. The number of hydrogen-bond donors (Lipinski definition) is 2. The van der Waals surface area contributed by atoms with Crippen LogP contribution in [0.5, 0.6) is 0 Å². The molecule has 0 saturated carbocycles. The molecule has 0 bridgehead atoms. The Bertz CT molecular complexity index is 499. The number of nitrogens with zero attached hydrogens (tertiary/aromatic N) is 4. The van der Waals surface area contributed by atoms with E-state index in [2.05, 4.69) is 20.4 Å². The molecule has 0 saturated heterocycles. The monoisotopic (exact) mass is 262 g/mol. The third-order valence-corrected chi connectivity index (χ3v) is 2.43. The summed E-state index contributed by atoms with van der Waals surface area (Å²) in [6, 6.07) is 3.60. The van der Waals surface area contributed by atoms with Gasteiger partial charge in [0.25, 0.3) is 0 Å². The van der Waals surface area contributed by atoms with Crippen molar-refractivity contribution >= 4 is 11.6 Å². The molecule has 7 heteroatoms. The molecule has 2 aromatic heterocycles. The molecular formula is C12H18N6O. The van der Waals surface area contributed by atoms with Crippen LogP contribution in [-0.4, -0.2) is 32.9 Å². The van der Waals surface area contributed by atoms with Crippen molar-refractivity contribution < 1.29 is 4.74 Å². The van der Waals surface area contributed by atoms with E-state index in [4.69, 9.17) is 10.5 Å². The Morgan fingerprint density at radius 3 is 3.05 bits per heavy atom. The molecule has 102 valence electrons. The van der Waals surface area contributed by atoms with Crippen molar-refractivity contribution in [2.45, 2.75) is 20.1 Å². The van der Waals surface area contributed by atoms with Gasteiger partial charge in [-0.15, -0.1) is 0 Å². The standard InChI is InChI=1S/C12H18N6O/c1-2-19-9-12-16-10(13)8-11(17-12)14-5-7-18-6-3-4-15-18/h3-4,6,8H,2,5,7,9H2,1H3,(H3,13,14,16,17). The molecule has 0 aliphatic rings. The number of anilines is 2. The molecule has 0 aliphatic carbocycles. The maximum atomic E-state index is 5.73. The summed E-state index contributed by atoms with van der Waals surface area (Å²) in [5.74, 6) is 1.73. The van der Waals surface area contributed by atoms with Gasteiger partial charge in [0.2, 0.25) is 0 Å². The molecule has 7 nitrogen and oxygen atoms in total. The molecule has 0 amide bonds. The van der Waals surface area contributed by atoms with E-state index in [-0.39, 0.29) is 0 Å². The topological polar surface area (TPSA) is 90.9 Å². The van der Waals surface area contributed by atoms with E-state index in [1.54, 1.807) is 12.3 Å². The number of nitrogens with two attached hydrogens (primary N) is 1. The van der Waals surface area contributed by atoms with Crippen molar-refractivity contribution in [1.82, 2.24) is 19.7 Å². The third-order valence-electron chi connectivity index (χ3n) is 2.43. The molecule has 0 unspecified atom stereocenters. The van der Waals surface area contributed by atoms with Crippen LogP contribution in [0.1, 0.15) is 12.7 Å². The van der Waals surface area contributed by atoms with Crippen molar-refractivity contribution in [3.63, 3.8) is 0 Å². The average Bonchev–Trinajstić information content (AvgIpc) is 2.89. The summed E-state index contributed by atoms with van der Waals surface area (Å²) in [5.41, 5.74) is 5.73. The number of ether oxygens (including phenoxy) is 1. The fourth-order valence-corrected chi connectivity index (χ4v) is 1.60. The number of rotatable bonds is 7. The highest BCUT2D eigenvalue weighted by Gasteiger charge is 2.02. The smallest absolute Gasteiger partial charge is 0.158 e. The van der Waals surface area contributed by atoms with Crippen LogP contribution >= 0.6 is 0 Å². The van der Waals surface area contributed by atoms with E-state index in [0.717, 1.165) is 6.54 Å². The minimum Gasteiger partial charge on any atom is -0.384 e. The first kappa shape index (κ1) is 13.3. The lowest BCUT2D eigenvalue weighted by atomic mass is 10.4. The van der Waals surface area contributed by atoms with Crippen molar-refractivity contribution in [3.05, 3.63) is 30.4 Å². The molecule has 2 heterocycles. The lowest BCUT2D eigenvalue weighted by Crippen LogP contribution is -2.13. The van der Waals surface area contributed by atoms with Gasteiger partial charge in [0.05, 0.1) is 6.54 Å². The van der Waals surface area contributed by atoms with Crippen molar-refractivity contribution in [2.75, 3.05) is 24.2 Å². The summed E-state index contributed by atoms with van der Waals surface area (Å²) < 4.78 is 7.12. The normalized spacial score (nSPS) is 10.6. The fraction of sp³-hybridized carbons (Fsp3) is 0.417. The first-order chi connectivity index (χ1) is 9.28. The van der Waals surface area contributed by atoms with Crippen LogP contribution < -0.4 is 11.1 Å². The van der Waals surface area contributed by atoms with Crippen LogP contribution in [0.3, 0.4) is 0 Å². The van der Waals surface area contributed by atoms with Crippen LogP contribution in [0.15, 0.2) is 24.5 Å². The Labute approximate surface area is 111 Å². The Morgan fingerprint density at radius 1 is 1.42 bits per heavy atom. The summed E-state index contributed by atoms with van der Waals surface area (Å²) in [7, 11) is 0. The first-order valence-corrected chi connectivity index (χ1v) is 6.20. The molecule has 2 aromatic rings. The predicted octanol–water partition coefficient (Wildman–Crippen LogP) is 0.904. The van der Waals surface area contributed by atoms with Crippen LogP contribution in [0, 0.1) is 0 Å². The van der Waals surface area contributed by atoms with Gasteiger partial charge in [0.15, 0.2) is 5.82 Å². The van der Waals surface area contributed by atoms with E-state index >= 15 is 0 Å². The minimum absolute atomic E-state index is 0.370. The van der Waals surface area contributed by atoms with E-state index in [9.17, 15) is 0 Å². The molecule has 0 aliphatic heterocycles. The minimum atomic E-state index is 0.370. The second-order valence-electron chi connectivity index (χ2n) is 3.93. The van der Waals surface area contributed by atoms with Crippen molar-refractivity contribution in [1.29, 1.82) is 0 Å². The van der Waals surface area contributed by atoms with Gasteiger partial charge in [-0.3, -0.25) is 4.68 Å². The maximum absolute atomic E-state index is 5.73. The van der Waals surface area contributed by atoms with Gasteiger partial charge in [-0.05, 0) is 13.0 Å². The Balaban J connectivity index is 1.90. The van der Waals surface area contributed by atoms with Crippen LogP contribution in [-0.2, 0) is 17.9 Å². The molecule has 3 N–H and O–H groups in total. The first-order valence-electron chi connectivity index (χ1n) is 6.20. The van der Waals surface area contributed by atoms with Gasteiger partial charge in [0.1, 0.15) is 18.2 Å². The predicted molar refractivity (Wildman–Crippen MR) is 72.5 cm³/mol. The zero-order valence-electron chi connectivity index (χ0n) is 10.9. The third kappa shape index (κ3) is 4.22. The van der Waals surface area contributed by atoms with E-state index in [1.807, 2.05) is 23.9 Å². The number of aromatic nitrogens is 4. The second kappa shape index (κ2) is 6.69. The van der Waals surface area contributed by atoms with Crippen LogP contribution in [0.4, 0.5) is 11.6 Å². The van der Waals surface area contributed by atoms with Gasteiger partial charge in [-0.1, -0.05) is 0 Å². The SMILES string of the molecule is CCOCc1nc(N)cc(NCCn2cccn2)n1. The highest BCUT2D eigenvalue weighted by Crippen LogP contribution is 2.08. The number of hydrogen-bond acceptors (Lipinski definition) is 6. The highest BCUT2D eigenvalue weighted by molar-refractivity contribution is 5.44. The summed E-state index contributed by atoms with van der Waals surface area (Å²) in [6.45, 7) is 4.40. The number of nitrogen functional groups attached to an aromatic ring is 1. The van der Waals surface area contributed by atoms with Crippen molar-refractivity contribution in [2.24, 2.45) is 0 Å². The van der Waals surface area contributed by atoms with Crippen LogP contribution in [0.2, 0.25) is 0 Å². The summed E-state index contributed by atoms with van der Waals surface area (Å²) in [6.07, 6.45) is 3.67. The van der Waals surface area contributed by atoms with Gasteiger partial charge in [0, 0.05) is 31.6 Å². The van der Waals surface area contributed by atoms with E-state index in [0.29, 0.717) is 37.2 Å². The van der Waals surface area contributed by atoms with Gasteiger partial charge < -0.3 is 15.8 Å². The molecule has 0 aromatic carbocycles.